The zero-order chi connectivity index (χ0) is 12.5. The number of phenolic OH excluding ortho intramolecular Hbond substituents is 1. The fraction of sp³-hybridized carbons (Fsp3) is 0.125. The molecule has 0 fully saturated rings. The summed E-state index contributed by atoms with van der Waals surface area (Å²) in [4.78, 5) is 1.29. The number of thiophene rings is 1. The Balaban J connectivity index is 2.04. The highest BCUT2D eigenvalue weighted by atomic mass is 32.1. The average Bonchev–Trinajstić information content (AvgIpc) is 2.79. The predicted octanol–water partition coefficient (Wildman–Crippen LogP) is 4.51. The molecule has 2 heteroatoms. The summed E-state index contributed by atoms with van der Waals surface area (Å²) in [7, 11) is 0. The lowest BCUT2D eigenvalue weighted by molar-refractivity contribution is 0.476. The van der Waals surface area contributed by atoms with Gasteiger partial charge in [0.05, 0.1) is 0 Å². The van der Waals surface area contributed by atoms with Crippen molar-refractivity contribution in [3.63, 3.8) is 0 Å². The van der Waals surface area contributed by atoms with Crippen molar-refractivity contribution in [2.45, 2.75) is 13.3 Å². The second-order valence-corrected chi connectivity index (χ2v) is 5.56. The second kappa shape index (κ2) is 4.46. The van der Waals surface area contributed by atoms with Crippen LogP contribution in [0, 0.1) is 6.92 Å². The molecule has 0 bridgehead atoms. The molecule has 0 amide bonds. The van der Waals surface area contributed by atoms with Crippen molar-refractivity contribution >= 4 is 22.1 Å². The van der Waals surface area contributed by atoms with E-state index in [0.717, 1.165) is 22.8 Å². The molecule has 90 valence electrons. The van der Waals surface area contributed by atoms with Crippen LogP contribution in [0.2, 0.25) is 0 Å². The molecule has 3 aromatic rings. The molecule has 0 atom stereocenters. The third-order valence-electron chi connectivity index (χ3n) is 3.13. The number of fused-ring (bicyclic) bond motifs is 1. The maximum Gasteiger partial charge on any atom is 0.126 e. The van der Waals surface area contributed by atoms with Gasteiger partial charge in [0.15, 0.2) is 0 Å². The summed E-state index contributed by atoms with van der Waals surface area (Å²) in [5.74, 6) is 0.416. The van der Waals surface area contributed by atoms with Crippen molar-refractivity contribution in [2.75, 3.05) is 0 Å². The van der Waals surface area contributed by atoms with Gasteiger partial charge in [0, 0.05) is 16.7 Å². The molecule has 1 N–H and O–H groups in total. The molecule has 0 aliphatic carbocycles. The highest BCUT2D eigenvalue weighted by Gasteiger charge is 2.07. The molecule has 0 radical (unpaired) electrons. The average molecular weight is 254 g/mol. The van der Waals surface area contributed by atoms with E-state index in [2.05, 4.69) is 24.4 Å². The van der Waals surface area contributed by atoms with Crippen molar-refractivity contribution < 1.29 is 5.11 Å². The number of aromatic hydroxyl groups is 1. The monoisotopic (exact) mass is 254 g/mol. The molecule has 0 unspecified atom stereocenters. The number of rotatable bonds is 2. The van der Waals surface area contributed by atoms with E-state index in [1.807, 2.05) is 30.3 Å². The Bertz CT molecular complexity index is 697. The molecule has 2 aromatic carbocycles. The number of phenols is 1. The minimum atomic E-state index is 0.416. The zero-order valence-electron chi connectivity index (χ0n) is 10.2. The van der Waals surface area contributed by atoms with E-state index in [0.29, 0.717) is 5.75 Å². The van der Waals surface area contributed by atoms with Gasteiger partial charge in [-0.2, -0.15) is 0 Å². The lowest BCUT2D eigenvalue weighted by Crippen LogP contribution is -1.87. The smallest absolute Gasteiger partial charge is 0.126 e. The summed E-state index contributed by atoms with van der Waals surface area (Å²) >= 11 is 1.75. The van der Waals surface area contributed by atoms with Gasteiger partial charge in [-0.15, -0.1) is 11.3 Å². The number of hydrogen-bond donors (Lipinski definition) is 1. The zero-order valence-corrected chi connectivity index (χ0v) is 11.0. The Morgan fingerprint density at radius 1 is 1.11 bits per heavy atom. The lowest BCUT2D eigenvalue weighted by atomic mass is 10.0. The van der Waals surface area contributed by atoms with Gasteiger partial charge in [-0.25, -0.2) is 0 Å². The first-order valence-corrected chi connectivity index (χ1v) is 6.85. The Kier molecular flexibility index (Phi) is 2.80. The van der Waals surface area contributed by atoms with Crippen LogP contribution in [0.5, 0.6) is 5.75 Å². The van der Waals surface area contributed by atoms with Crippen LogP contribution in [-0.4, -0.2) is 5.11 Å². The van der Waals surface area contributed by atoms with Gasteiger partial charge in [0.25, 0.3) is 0 Å². The van der Waals surface area contributed by atoms with E-state index < -0.39 is 0 Å². The van der Waals surface area contributed by atoms with Gasteiger partial charge in [0.2, 0.25) is 0 Å². The van der Waals surface area contributed by atoms with Gasteiger partial charge in [0.1, 0.15) is 5.75 Å². The molecule has 3 rings (SSSR count). The molecule has 0 aliphatic rings. The van der Waals surface area contributed by atoms with Crippen LogP contribution in [0.25, 0.3) is 10.8 Å². The van der Waals surface area contributed by atoms with Crippen LogP contribution in [0.15, 0.2) is 47.8 Å². The van der Waals surface area contributed by atoms with Gasteiger partial charge >= 0.3 is 0 Å². The molecule has 0 spiro atoms. The van der Waals surface area contributed by atoms with E-state index >= 15 is 0 Å². The second-order valence-electron chi connectivity index (χ2n) is 4.56. The minimum absolute atomic E-state index is 0.416. The number of hydrogen-bond acceptors (Lipinski definition) is 2. The first-order chi connectivity index (χ1) is 8.74. The predicted molar refractivity (Wildman–Crippen MR) is 77.5 cm³/mol. The van der Waals surface area contributed by atoms with Crippen molar-refractivity contribution in [2.24, 2.45) is 0 Å². The van der Waals surface area contributed by atoms with Crippen LogP contribution in [0.3, 0.4) is 0 Å². The van der Waals surface area contributed by atoms with Crippen molar-refractivity contribution in [3.05, 3.63) is 63.8 Å². The van der Waals surface area contributed by atoms with Gasteiger partial charge < -0.3 is 5.11 Å². The van der Waals surface area contributed by atoms with Crippen LogP contribution in [-0.2, 0) is 6.42 Å². The Hall–Kier alpha value is -1.80. The Morgan fingerprint density at radius 3 is 2.72 bits per heavy atom. The SMILES string of the molecule is Cc1csc(Cc2ccc3ccccc3c2O)c1. The minimum Gasteiger partial charge on any atom is -0.507 e. The summed E-state index contributed by atoms with van der Waals surface area (Å²) in [5.41, 5.74) is 2.28. The normalized spacial score (nSPS) is 10.9. The Morgan fingerprint density at radius 2 is 1.94 bits per heavy atom. The maximum absolute atomic E-state index is 10.3. The van der Waals surface area contributed by atoms with E-state index in [4.69, 9.17) is 0 Å². The fourth-order valence-corrected chi connectivity index (χ4v) is 3.11. The highest BCUT2D eigenvalue weighted by Crippen LogP contribution is 2.31. The van der Waals surface area contributed by atoms with E-state index in [9.17, 15) is 5.11 Å². The van der Waals surface area contributed by atoms with E-state index in [-0.39, 0.29) is 0 Å². The van der Waals surface area contributed by atoms with Crippen molar-refractivity contribution in [1.82, 2.24) is 0 Å². The summed E-state index contributed by atoms with van der Waals surface area (Å²) < 4.78 is 0. The van der Waals surface area contributed by atoms with Gasteiger partial charge in [-0.05, 0) is 34.9 Å². The summed E-state index contributed by atoms with van der Waals surface area (Å²) in [6, 6.07) is 14.2. The Labute approximate surface area is 110 Å². The molecule has 1 aromatic heterocycles. The molecular formula is C16H14OS. The van der Waals surface area contributed by atoms with Gasteiger partial charge in [-0.1, -0.05) is 36.4 Å². The maximum atomic E-state index is 10.3. The molecule has 1 nitrogen and oxygen atoms in total. The standard InChI is InChI=1S/C16H14OS/c1-11-8-14(18-10-11)9-13-7-6-12-4-2-3-5-15(12)16(13)17/h2-8,10,17H,9H2,1H3. The molecule has 18 heavy (non-hydrogen) atoms. The molecule has 1 heterocycles. The topological polar surface area (TPSA) is 20.2 Å². The third kappa shape index (κ3) is 2.00. The summed E-state index contributed by atoms with van der Waals surface area (Å²) in [6.45, 7) is 2.10. The first kappa shape index (κ1) is 11.3. The van der Waals surface area contributed by atoms with Crippen molar-refractivity contribution in [1.29, 1.82) is 0 Å². The molecule has 0 saturated carbocycles. The van der Waals surface area contributed by atoms with E-state index in [1.165, 1.54) is 10.4 Å². The van der Waals surface area contributed by atoms with Crippen LogP contribution in [0.1, 0.15) is 16.0 Å². The van der Waals surface area contributed by atoms with Crippen LogP contribution >= 0.6 is 11.3 Å². The molecular weight excluding hydrogens is 240 g/mol. The van der Waals surface area contributed by atoms with Gasteiger partial charge in [-0.3, -0.25) is 0 Å². The third-order valence-corrected chi connectivity index (χ3v) is 4.19. The van der Waals surface area contributed by atoms with E-state index in [1.54, 1.807) is 11.3 Å². The lowest BCUT2D eigenvalue weighted by Gasteiger charge is -2.06. The molecule has 0 saturated heterocycles. The largest absolute Gasteiger partial charge is 0.507 e. The molecule has 0 aliphatic heterocycles. The number of benzene rings is 2. The number of aryl methyl sites for hydroxylation is 1. The van der Waals surface area contributed by atoms with Crippen LogP contribution in [0.4, 0.5) is 0 Å². The highest BCUT2D eigenvalue weighted by molar-refractivity contribution is 7.10. The quantitative estimate of drug-likeness (QED) is 0.713. The van der Waals surface area contributed by atoms with Crippen LogP contribution < -0.4 is 0 Å². The van der Waals surface area contributed by atoms with Crippen molar-refractivity contribution in [3.8, 4) is 5.75 Å². The summed E-state index contributed by atoms with van der Waals surface area (Å²) in [5, 5.41) is 14.5. The summed E-state index contributed by atoms with van der Waals surface area (Å²) in [6.07, 6.45) is 0.801. The first-order valence-electron chi connectivity index (χ1n) is 5.97. The fourth-order valence-electron chi connectivity index (χ4n) is 2.21.